The number of nitrogens with one attached hydrogen (secondary N) is 2. The summed E-state index contributed by atoms with van der Waals surface area (Å²) in [5.41, 5.74) is 1.05. The Kier molecular flexibility index (Phi) is 3.74. The number of hydrogen-bond donors (Lipinski definition) is 2. The molecule has 1 aromatic heterocycles. The number of anilines is 1. The highest BCUT2D eigenvalue weighted by Crippen LogP contribution is 2.32. The molecule has 0 atom stereocenters. The van der Waals surface area contributed by atoms with Crippen LogP contribution < -0.4 is 5.32 Å². The van der Waals surface area contributed by atoms with Crippen LogP contribution in [-0.2, 0) is 0 Å². The average Bonchev–Trinajstić information content (AvgIpc) is 2.69. The van der Waals surface area contributed by atoms with Crippen molar-refractivity contribution < 1.29 is 4.39 Å². The van der Waals surface area contributed by atoms with E-state index in [1.165, 1.54) is 12.1 Å². The average molecular weight is 302 g/mol. The second kappa shape index (κ2) is 5.02. The molecule has 0 radical (unpaired) electrons. The predicted octanol–water partition coefficient (Wildman–Crippen LogP) is 4.73. The first-order valence-electron chi connectivity index (χ1n) is 5.75. The van der Waals surface area contributed by atoms with E-state index >= 15 is 0 Å². The van der Waals surface area contributed by atoms with Crippen molar-refractivity contribution >= 4 is 29.0 Å². The lowest BCUT2D eigenvalue weighted by Gasteiger charge is -2.19. The Labute approximate surface area is 121 Å². The molecule has 2 rings (SSSR count). The van der Waals surface area contributed by atoms with Gasteiger partial charge in [0, 0.05) is 17.2 Å². The summed E-state index contributed by atoms with van der Waals surface area (Å²) in [5, 5.41) is 10.5. The monoisotopic (exact) mass is 301 g/mol. The highest BCUT2D eigenvalue weighted by Gasteiger charge is 2.14. The van der Waals surface area contributed by atoms with Gasteiger partial charge in [-0.1, -0.05) is 23.2 Å². The van der Waals surface area contributed by atoms with Crippen LogP contribution in [0.15, 0.2) is 18.2 Å². The second-order valence-corrected chi connectivity index (χ2v) is 6.10. The fourth-order valence-electron chi connectivity index (χ4n) is 1.64. The largest absolute Gasteiger partial charge is 0.364 e. The van der Waals surface area contributed by atoms with Crippen LogP contribution in [0.3, 0.4) is 0 Å². The molecule has 19 heavy (non-hydrogen) atoms. The molecule has 0 saturated heterocycles. The van der Waals surface area contributed by atoms with E-state index in [1.807, 2.05) is 20.8 Å². The van der Waals surface area contributed by atoms with Gasteiger partial charge >= 0.3 is 0 Å². The van der Waals surface area contributed by atoms with Crippen molar-refractivity contribution in [2.24, 2.45) is 0 Å². The molecule has 0 aliphatic heterocycles. The minimum absolute atomic E-state index is 0.00121. The van der Waals surface area contributed by atoms with Gasteiger partial charge in [-0.3, -0.25) is 5.10 Å². The molecule has 1 heterocycles. The fraction of sp³-hybridized carbons (Fsp3) is 0.308. The lowest BCUT2D eigenvalue weighted by Crippen LogP contribution is -2.26. The molecule has 102 valence electrons. The zero-order valence-electron chi connectivity index (χ0n) is 10.8. The van der Waals surface area contributed by atoms with Crippen LogP contribution in [0.1, 0.15) is 20.8 Å². The third kappa shape index (κ3) is 3.39. The van der Waals surface area contributed by atoms with Crippen molar-refractivity contribution in [3.8, 4) is 11.3 Å². The van der Waals surface area contributed by atoms with Crippen LogP contribution in [-0.4, -0.2) is 15.7 Å². The van der Waals surface area contributed by atoms with Gasteiger partial charge in [-0.15, -0.1) is 0 Å². The van der Waals surface area contributed by atoms with Crippen molar-refractivity contribution in [2.75, 3.05) is 5.32 Å². The Morgan fingerprint density at radius 3 is 2.47 bits per heavy atom. The summed E-state index contributed by atoms with van der Waals surface area (Å²) in [6.07, 6.45) is 0. The number of benzene rings is 1. The molecule has 0 aliphatic carbocycles. The van der Waals surface area contributed by atoms with E-state index in [0.717, 1.165) is 0 Å². The maximum Gasteiger partial charge on any atom is 0.148 e. The molecule has 3 nitrogen and oxygen atoms in total. The zero-order valence-corrected chi connectivity index (χ0v) is 12.3. The molecule has 6 heteroatoms. The van der Waals surface area contributed by atoms with E-state index in [1.54, 1.807) is 6.07 Å². The van der Waals surface area contributed by atoms with Gasteiger partial charge in [0.25, 0.3) is 0 Å². The maximum atomic E-state index is 13.5. The maximum absolute atomic E-state index is 13.5. The van der Waals surface area contributed by atoms with Gasteiger partial charge in [0.1, 0.15) is 11.6 Å². The summed E-state index contributed by atoms with van der Waals surface area (Å²) in [4.78, 5) is 0. The van der Waals surface area contributed by atoms with E-state index in [-0.39, 0.29) is 10.6 Å². The topological polar surface area (TPSA) is 40.7 Å². The van der Waals surface area contributed by atoms with Crippen molar-refractivity contribution in [2.45, 2.75) is 26.3 Å². The molecule has 0 saturated carbocycles. The number of H-pyrrole nitrogens is 1. The van der Waals surface area contributed by atoms with Crippen LogP contribution in [0, 0.1) is 5.82 Å². The molecule has 0 aliphatic rings. The first-order chi connectivity index (χ1) is 8.76. The molecule has 0 fully saturated rings. The molecular formula is C13H14Cl2FN3. The van der Waals surface area contributed by atoms with Gasteiger partial charge in [-0.2, -0.15) is 5.10 Å². The molecule has 0 amide bonds. The van der Waals surface area contributed by atoms with E-state index in [0.29, 0.717) is 22.1 Å². The summed E-state index contributed by atoms with van der Waals surface area (Å²) in [6.45, 7) is 6.07. The van der Waals surface area contributed by atoms with E-state index < -0.39 is 5.82 Å². The van der Waals surface area contributed by atoms with Crippen LogP contribution in [0.5, 0.6) is 0 Å². The lowest BCUT2D eigenvalue weighted by molar-refractivity contribution is 0.628. The summed E-state index contributed by atoms with van der Waals surface area (Å²) >= 11 is 11.7. The fourth-order valence-corrected chi connectivity index (χ4v) is 2.12. The molecular weight excluding hydrogens is 288 g/mol. The summed E-state index contributed by atoms with van der Waals surface area (Å²) in [6, 6.07) is 4.45. The van der Waals surface area contributed by atoms with Crippen molar-refractivity contribution in [3.05, 3.63) is 34.1 Å². The smallest absolute Gasteiger partial charge is 0.148 e. The quantitative estimate of drug-likeness (QED) is 0.787. The third-order valence-corrected chi connectivity index (χ3v) is 2.98. The molecule has 1 aromatic carbocycles. The van der Waals surface area contributed by atoms with Crippen molar-refractivity contribution in [3.63, 3.8) is 0 Å². The Balaban J connectivity index is 2.36. The summed E-state index contributed by atoms with van der Waals surface area (Å²) < 4.78 is 13.5. The molecule has 0 spiro atoms. The van der Waals surface area contributed by atoms with Crippen LogP contribution in [0.25, 0.3) is 11.3 Å². The van der Waals surface area contributed by atoms with Gasteiger partial charge in [0.15, 0.2) is 0 Å². The third-order valence-electron chi connectivity index (χ3n) is 2.38. The zero-order chi connectivity index (χ0) is 14.2. The highest BCUT2D eigenvalue weighted by molar-refractivity contribution is 6.36. The number of rotatable bonds is 2. The minimum atomic E-state index is -0.513. The molecule has 0 unspecified atom stereocenters. The van der Waals surface area contributed by atoms with Crippen LogP contribution in [0.2, 0.25) is 10.0 Å². The standard InChI is InChI=1S/C13H14Cl2FN3/c1-13(2,3)17-12-6-11(18-19-12)7-4-10(16)9(15)5-8(7)14/h4-6H,1-3H3,(H2,17,18,19). The predicted molar refractivity (Wildman–Crippen MR) is 77.4 cm³/mol. The second-order valence-electron chi connectivity index (χ2n) is 5.29. The van der Waals surface area contributed by atoms with Gasteiger partial charge in [-0.25, -0.2) is 4.39 Å². The first-order valence-corrected chi connectivity index (χ1v) is 6.50. The first kappa shape index (κ1) is 14.2. The highest BCUT2D eigenvalue weighted by atomic mass is 35.5. The van der Waals surface area contributed by atoms with Gasteiger partial charge in [0.05, 0.1) is 15.7 Å². The number of halogens is 3. The summed E-state index contributed by atoms with van der Waals surface area (Å²) in [7, 11) is 0. The van der Waals surface area contributed by atoms with Gasteiger partial charge in [-0.05, 0) is 32.9 Å². The number of nitrogens with zero attached hydrogens (tertiary/aromatic N) is 1. The lowest BCUT2D eigenvalue weighted by atomic mass is 10.1. The Morgan fingerprint density at radius 2 is 1.84 bits per heavy atom. The Bertz CT molecular complexity index is 602. The van der Waals surface area contributed by atoms with Crippen molar-refractivity contribution in [1.82, 2.24) is 10.2 Å². The number of hydrogen-bond acceptors (Lipinski definition) is 2. The number of aromatic nitrogens is 2. The normalized spacial score (nSPS) is 11.7. The molecule has 2 N–H and O–H groups in total. The Morgan fingerprint density at radius 1 is 1.16 bits per heavy atom. The van der Waals surface area contributed by atoms with Gasteiger partial charge in [0.2, 0.25) is 0 Å². The number of aromatic amines is 1. The van der Waals surface area contributed by atoms with E-state index in [2.05, 4.69) is 15.5 Å². The van der Waals surface area contributed by atoms with E-state index in [9.17, 15) is 4.39 Å². The van der Waals surface area contributed by atoms with Gasteiger partial charge < -0.3 is 5.32 Å². The van der Waals surface area contributed by atoms with Crippen LogP contribution >= 0.6 is 23.2 Å². The molecule has 0 bridgehead atoms. The van der Waals surface area contributed by atoms with Crippen LogP contribution in [0.4, 0.5) is 10.2 Å². The Hall–Kier alpha value is -1.26. The van der Waals surface area contributed by atoms with E-state index in [4.69, 9.17) is 23.2 Å². The molecule has 2 aromatic rings. The minimum Gasteiger partial charge on any atom is -0.364 e. The summed E-state index contributed by atoms with van der Waals surface area (Å²) in [5.74, 6) is 0.162. The SMILES string of the molecule is CC(C)(C)Nc1cc(-c2cc(F)c(Cl)cc2Cl)[nH]n1. The van der Waals surface area contributed by atoms with Crippen molar-refractivity contribution in [1.29, 1.82) is 0 Å².